The molecule has 1 saturated carbocycles. The Kier molecular flexibility index (Phi) is 3.22. The second-order valence-corrected chi connectivity index (χ2v) is 5.15. The van der Waals surface area contributed by atoms with Gasteiger partial charge < -0.3 is 4.90 Å². The van der Waals surface area contributed by atoms with E-state index in [0.29, 0.717) is 0 Å². The smallest absolute Gasteiger partial charge is 0.141 e. The van der Waals surface area contributed by atoms with Crippen LogP contribution in [0, 0.1) is 5.82 Å². The Morgan fingerprint density at radius 2 is 2.12 bits per heavy atom. The Morgan fingerprint density at radius 1 is 1.44 bits per heavy atom. The molecule has 88 valence electrons. The van der Waals surface area contributed by atoms with E-state index >= 15 is 0 Å². The fourth-order valence-corrected chi connectivity index (χ4v) is 2.32. The zero-order valence-corrected chi connectivity index (χ0v) is 10.5. The molecule has 0 spiro atoms. The molecule has 0 atom stereocenters. The van der Waals surface area contributed by atoms with Gasteiger partial charge in [-0.3, -0.25) is 0 Å². The first-order valence-corrected chi connectivity index (χ1v) is 6.09. The van der Waals surface area contributed by atoms with Crippen molar-refractivity contribution in [3.8, 4) is 0 Å². The molecule has 0 bridgehead atoms. The van der Waals surface area contributed by atoms with Crippen molar-refractivity contribution < 1.29 is 4.39 Å². The summed E-state index contributed by atoms with van der Waals surface area (Å²) in [6.07, 6.45) is 2.36. The highest BCUT2D eigenvalue weighted by Gasteiger charge is 2.44. The third-order valence-corrected chi connectivity index (χ3v) is 3.79. The number of likely N-dealkylation sites (N-methyl/N-ethyl adjacent to an activating group) is 1. The molecule has 0 heterocycles. The van der Waals surface area contributed by atoms with Gasteiger partial charge in [-0.2, -0.15) is 0 Å². The number of halogens is 2. The van der Waals surface area contributed by atoms with Gasteiger partial charge in [-0.15, -0.1) is 0 Å². The third-order valence-electron chi connectivity index (χ3n) is 3.50. The molecule has 0 aliphatic heterocycles. The van der Waals surface area contributed by atoms with E-state index in [1.165, 1.54) is 24.5 Å². The first-order chi connectivity index (χ1) is 7.57. The quantitative estimate of drug-likeness (QED) is 0.780. The Bertz CT molecular complexity index is 388. The number of rotatable bonds is 4. The molecular weight excluding hydrogens is 225 g/mol. The first-order valence-electron chi connectivity index (χ1n) is 5.71. The van der Waals surface area contributed by atoms with Crippen molar-refractivity contribution in [3.05, 3.63) is 34.6 Å². The Morgan fingerprint density at radius 3 is 2.62 bits per heavy atom. The highest BCUT2D eigenvalue weighted by molar-refractivity contribution is 6.30. The molecule has 1 aliphatic carbocycles. The van der Waals surface area contributed by atoms with Gasteiger partial charge in [0.05, 0.1) is 5.02 Å². The second-order valence-electron chi connectivity index (χ2n) is 4.74. The molecular formula is C13H17ClFN. The van der Waals surface area contributed by atoms with Gasteiger partial charge in [0.1, 0.15) is 5.82 Å². The average Bonchev–Trinajstić information content (AvgIpc) is 3.03. The Labute approximate surface area is 101 Å². The summed E-state index contributed by atoms with van der Waals surface area (Å²) in [4.78, 5) is 2.30. The molecule has 0 unspecified atom stereocenters. The maximum atomic E-state index is 13.1. The molecule has 0 N–H and O–H groups in total. The molecule has 1 fully saturated rings. The fraction of sp³-hybridized carbons (Fsp3) is 0.538. The minimum Gasteiger partial charge on any atom is -0.306 e. The zero-order chi connectivity index (χ0) is 11.8. The zero-order valence-electron chi connectivity index (χ0n) is 9.76. The van der Waals surface area contributed by atoms with E-state index in [1.807, 2.05) is 6.07 Å². The minimum absolute atomic E-state index is 0.224. The monoisotopic (exact) mass is 241 g/mol. The van der Waals surface area contributed by atoms with Crippen LogP contribution in [-0.2, 0) is 5.41 Å². The average molecular weight is 242 g/mol. The number of benzene rings is 1. The predicted molar refractivity (Wildman–Crippen MR) is 65.5 cm³/mol. The lowest BCUT2D eigenvalue weighted by Crippen LogP contribution is -2.29. The fourth-order valence-electron chi connectivity index (χ4n) is 2.14. The molecule has 0 amide bonds. The van der Waals surface area contributed by atoms with Gasteiger partial charge in [0.15, 0.2) is 0 Å². The van der Waals surface area contributed by atoms with Crippen LogP contribution in [0.15, 0.2) is 18.2 Å². The van der Waals surface area contributed by atoms with E-state index in [-0.39, 0.29) is 16.3 Å². The van der Waals surface area contributed by atoms with Crippen molar-refractivity contribution in [1.82, 2.24) is 4.90 Å². The van der Waals surface area contributed by atoms with Crippen molar-refractivity contribution in [2.24, 2.45) is 0 Å². The van der Waals surface area contributed by atoms with Crippen LogP contribution in [0.4, 0.5) is 4.39 Å². The summed E-state index contributed by atoms with van der Waals surface area (Å²) < 4.78 is 13.1. The number of hydrogen-bond acceptors (Lipinski definition) is 1. The molecule has 0 saturated heterocycles. The van der Waals surface area contributed by atoms with Gasteiger partial charge in [0, 0.05) is 12.0 Å². The summed E-state index contributed by atoms with van der Waals surface area (Å²) in [6, 6.07) is 5.13. The number of nitrogens with zero attached hydrogens (tertiary/aromatic N) is 1. The van der Waals surface area contributed by atoms with Crippen molar-refractivity contribution in [2.45, 2.75) is 25.2 Å². The van der Waals surface area contributed by atoms with Crippen LogP contribution < -0.4 is 0 Å². The second kappa shape index (κ2) is 4.34. The predicted octanol–water partition coefficient (Wildman–Crippen LogP) is 3.46. The number of hydrogen-bond donors (Lipinski definition) is 0. The largest absolute Gasteiger partial charge is 0.306 e. The van der Waals surface area contributed by atoms with Crippen LogP contribution in [-0.4, -0.2) is 25.0 Å². The summed E-state index contributed by atoms with van der Waals surface area (Å²) in [5, 5.41) is 0.239. The lowest BCUT2D eigenvalue weighted by Gasteiger charge is -2.23. The molecule has 1 aromatic rings. The van der Waals surface area contributed by atoms with Crippen molar-refractivity contribution >= 4 is 11.6 Å². The van der Waals surface area contributed by atoms with E-state index in [1.54, 1.807) is 6.07 Å². The molecule has 3 heteroatoms. The summed E-state index contributed by atoms with van der Waals surface area (Å²) in [7, 11) is 2.12. The third kappa shape index (κ3) is 2.23. The minimum atomic E-state index is -0.329. The summed E-state index contributed by atoms with van der Waals surface area (Å²) >= 11 is 5.83. The van der Waals surface area contributed by atoms with E-state index in [0.717, 1.165) is 13.1 Å². The summed E-state index contributed by atoms with van der Waals surface area (Å²) in [5.74, 6) is -0.329. The topological polar surface area (TPSA) is 3.24 Å². The van der Waals surface area contributed by atoms with Gasteiger partial charge in [-0.25, -0.2) is 4.39 Å². The SMILES string of the molecule is CCN(C)CC1(c2ccc(F)c(Cl)c2)CC1. The van der Waals surface area contributed by atoms with Crippen LogP contribution in [0.2, 0.25) is 5.02 Å². The highest BCUT2D eigenvalue weighted by Crippen LogP contribution is 2.49. The molecule has 16 heavy (non-hydrogen) atoms. The van der Waals surface area contributed by atoms with Gasteiger partial charge in [0.2, 0.25) is 0 Å². The van der Waals surface area contributed by atoms with E-state index in [2.05, 4.69) is 18.9 Å². The van der Waals surface area contributed by atoms with E-state index < -0.39 is 0 Å². The lowest BCUT2D eigenvalue weighted by molar-refractivity contribution is 0.317. The van der Waals surface area contributed by atoms with Crippen LogP contribution in [0.1, 0.15) is 25.3 Å². The van der Waals surface area contributed by atoms with Gasteiger partial charge in [0.25, 0.3) is 0 Å². The van der Waals surface area contributed by atoms with Crippen LogP contribution >= 0.6 is 11.6 Å². The van der Waals surface area contributed by atoms with Gasteiger partial charge in [-0.05, 0) is 44.1 Å². The van der Waals surface area contributed by atoms with Crippen LogP contribution in [0.3, 0.4) is 0 Å². The first kappa shape index (κ1) is 11.9. The van der Waals surface area contributed by atoms with Gasteiger partial charge in [-0.1, -0.05) is 24.6 Å². The summed E-state index contributed by atoms with van der Waals surface area (Å²) in [6.45, 7) is 4.22. The summed E-state index contributed by atoms with van der Waals surface area (Å²) in [5.41, 5.74) is 1.40. The van der Waals surface area contributed by atoms with E-state index in [4.69, 9.17) is 11.6 Å². The molecule has 1 nitrogen and oxygen atoms in total. The van der Waals surface area contributed by atoms with Crippen molar-refractivity contribution in [1.29, 1.82) is 0 Å². The van der Waals surface area contributed by atoms with Crippen molar-refractivity contribution in [2.75, 3.05) is 20.1 Å². The van der Waals surface area contributed by atoms with Crippen LogP contribution in [0.25, 0.3) is 0 Å². The van der Waals surface area contributed by atoms with Gasteiger partial charge >= 0.3 is 0 Å². The Balaban J connectivity index is 2.20. The maximum absolute atomic E-state index is 13.1. The highest BCUT2D eigenvalue weighted by atomic mass is 35.5. The molecule has 0 radical (unpaired) electrons. The molecule has 1 aromatic carbocycles. The maximum Gasteiger partial charge on any atom is 0.141 e. The molecule has 1 aliphatic rings. The van der Waals surface area contributed by atoms with E-state index in [9.17, 15) is 4.39 Å². The Hall–Kier alpha value is -0.600. The van der Waals surface area contributed by atoms with Crippen molar-refractivity contribution in [3.63, 3.8) is 0 Å². The standard InChI is InChI=1S/C13H17ClFN/c1-3-16(2)9-13(6-7-13)10-4-5-12(15)11(14)8-10/h4-5,8H,3,6-7,9H2,1-2H3. The normalized spacial score (nSPS) is 17.8. The lowest BCUT2D eigenvalue weighted by atomic mass is 9.95. The van der Waals surface area contributed by atoms with Crippen LogP contribution in [0.5, 0.6) is 0 Å². The molecule has 2 rings (SSSR count). The molecule has 0 aromatic heterocycles.